The Morgan fingerprint density at radius 3 is 2.62 bits per heavy atom. The molecule has 1 aromatic carbocycles. The van der Waals surface area contributed by atoms with Gasteiger partial charge in [0, 0.05) is 13.1 Å². The van der Waals surface area contributed by atoms with E-state index in [-0.39, 0.29) is 29.5 Å². The summed E-state index contributed by atoms with van der Waals surface area (Å²) < 4.78 is 0. The lowest BCUT2D eigenvalue weighted by atomic mass is 10.1. The second kappa shape index (κ2) is 8.14. The third-order valence-electron chi connectivity index (χ3n) is 2.99. The van der Waals surface area contributed by atoms with Crippen LogP contribution in [0.25, 0.3) is 0 Å². The van der Waals surface area contributed by atoms with E-state index >= 15 is 0 Å². The van der Waals surface area contributed by atoms with E-state index in [4.69, 9.17) is 5.73 Å². The first kappa shape index (κ1) is 16.8. The molecule has 6 heteroatoms. The Balaban J connectivity index is 2.86. The van der Waals surface area contributed by atoms with Crippen LogP contribution in [0.4, 0.5) is 5.69 Å². The van der Waals surface area contributed by atoms with Gasteiger partial charge >= 0.3 is 0 Å². The van der Waals surface area contributed by atoms with Crippen molar-refractivity contribution in [2.24, 2.45) is 0 Å². The van der Waals surface area contributed by atoms with Crippen LogP contribution in [-0.2, 0) is 4.79 Å². The Hall–Kier alpha value is -2.24. The molecule has 2 amide bonds. The van der Waals surface area contributed by atoms with Gasteiger partial charge in [-0.2, -0.15) is 0 Å². The summed E-state index contributed by atoms with van der Waals surface area (Å²) in [7, 11) is 0. The minimum absolute atomic E-state index is 0.0269. The average molecular weight is 293 g/mol. The predicted molar refractivity (Wildman–Crippen MR) is 82.0 cm³/mol. The molecule has 0 heterocycles. The van der Waals surface area contributed by atoms with Crippen molar-refractivity contribution in [1.82, 2.24) is 10.2 Å². The fraction of sp³-hybridized carbons (Fsp3) is 0.467. The van der Waals surface area contributed by atoms with Crippen molar-refractivity contribution >= 4 is 17.5 Å². The minimum atomic E-state index is -0.395. The zero-order valence-electron chi connectivity index (χ0n) is 12.6. The second-order valence-electron chi connectivity index (χ2n) is 4.82. The summed E-state index contributed by atoms with van der Waals surface area (Å²) >= 11 is 0. The van der Waals surface area contributed by atoms with Crippen LogP contribution in [0, 0.1) is 0 Å². The van der Waals surface area contributed by atoms with E-state index in [1.165, 1.54) is 17.0 Å². The number of carbonyl (C=O) groups is 2. The van der Waals surface area contributed by atoms with Crippen molar-refractivity contribution in [2.75, 3.05) is 25.4 Å². The third-order valence-corrected chi connectivity index (χ3v) is 2.99. The number of nitrogens with one attached hydrogen (secondary N) is 1. The molecule has 1 aromatic rings. The van der Waals surface area contributed by atoms with Crippen LogP contribution < -0.4 is 11.1 Å². The van der Waals surface area contributed by atoms with E-state index in [1.54, 1.807) is 6.07 Å². The third kappa shape index (κ3) is 4.66. The number of nitrogens with zero attached hydrogens (tertiary/aromatic N) is 1. The lowest BCUT2D eigenvalue weighted by Crippen LogP contribution is -2.41. The summed E-state index contributed by atoms with van der Waals surface area (Å²) in [5, 5.41) is 12.6. The summed E-state index contributed by atoms with van der Waals surface area (Å²) in [6.45, 7) is 4.87. The smallest absolute Gasteiger partial charge is 0.258 e. The highest BCUT2D eigenvalue weighted by Crippen LogP contribution is 2.25. The van der Waals surface area contributed by atoms with Gasteiger partial charge in [0.05, 0.1) is 17.8 Å². The van der Waals surface area contributed by atoms with E-state index in [1.807, 2.05) is 13.8 Å². The van der Waals surface area contributed by atoms with Crippen LogP contribution in [0.15, 0.2) is 18.2 Å². The van der Waals surface area contributed by atoms with Gasteiger partial charge in [-0.25, -0.2) is 0 Å². The van der Waals surface area contributed by atoms with Gasteiger partial charge in [-0.3, -0.25) is 9.59 Å². The number of nitrogen functional groups attached to an aromatic ring is 1. The monoisotopic (exact) mass is 293 g/mol. The van der Waals surface area contributed by atoms with Crippen LogP contribution in [0.3, 0.4) is 0 Å². The molecule has 4 N–H and O–H groups in total. The number of hydrogen-bond acceptors (Lipinski definition) is 4. The van der Waals surface area contributed by atoms with E-state index in [0.717, 1.165) is 12.8 Å². The van der Waals surface area contributed by atoms with E-state index in [9.17, 15) is 14.7 Å². The van der Waals surface area contributed by atoms with Gasteiger partial charge in [-0.1, -0.05) is 19.9 Å². The first-order valence-electron chi connectivity index (χ1n) is 7.14. The summed E-state index contributed by atoms with van der Waals surface area (Å²) in [5.74, 6) is -0.840. The van der Waals surface area contributed by atoms with E-state index in [2.05, 4.69) is 5.32 Å². The second-order valence-corrected chi connectivity index (χ2v) is 4.82. The quantitative estimate of drug-likeness (QED) is 0.522. The Morgan fingerprint density at radius 2 is 2.00 bits per heavy atom. The minimum Gasteiger partial charge on any atom is -0.505 e. The SMILES string of the molecule is CCCNC(=O)CN(CCC)C(=O)c1cccc(N)c1O. The largest absolute Gasteiger partial charge is 0.505 e. The Kier molecular flexibility index (Phi) is 6.52. The molecule has 0 atom stereocenters. The summed E-state index contributed by atoms with van der Waals surface area (Å²) in [6.07, 6.45) is 1.55. The predicted octanol–water partition coefficient (Wildman–Crippen LogP) is 1.35. The van der Waals surface area contributed by atoms with Crippen molar-refractivity contribution in [3.63, 3.8) is 0 Å². The Morgan fingerprint density at radius 1 is 1.29 bits per heavy atom. The number of hydrogen-bond donors (Lipinski definition) is 3. The fourth-order valence-electron chi connectivity index (χ4n) is 1.92. The van der Waals surface area contributed by atoms with Gasteiger partial charge in [-0.05, 0) is 25.0 Å². The number of phenolic OH excluding ortho intramolecular Hbond substituents is 1. The lowest BCUT2D eigenvalue weighted by Gasteiger charge is -2.22. The van der Waals surface area contributed by atoms with Crippen LogP contribution in [-0.4, -0.2) is 41.5 Å². The molecule has 0 aliphatic rings. The van der Waals surface area contributed by atoms with Crippen molar-refractivity contribution in [3.05, 3.63) is 23.8 Å². The number of benzene rings is 1. The molecule has 0 aliphatic carbocycles. The van der Waals surface area contributed by atoms with Crippen LogP contribution in [0.2, 0.25) is 0 Å². The first-order valence-corrected chi connectivity index (χ1v) is 7.14. The van der Waals surface area contributed by atoms with Gasteiger partial charge < -0.3 is 21.1 Å². The number of carbonyl (C=O) groups excluding carboxylic acids is 2. The van der Waals surface area contributed by atoms with E-state index in [0.29, 0.717) is 13.1 Å². The highest BCUT2D eigenvalue weighted by Gasteiger charge is 2.21. The van der Waals surface area contributed by atoms with Crippen molar-refractivity contribution in [3.8, 4) is 5.75 Å². The number of amides is 2. The van der Waals surface area contributed by atoms with Crippen molar-refractivity contribution in [2.45, 2.75) is 26.7 Å². The molecule has 6 nitrogen and oxygen atoms in total. The molecule has 0 saturated heterocycles. The first-order chi connectivity index (χ1) is 10.0. The number of para-hydroxylation sites is 1. The summed E-state index contributed by atoms with van der Waals surface area (Å²) in [6, 6.07) is 4.62. The highest BCUT2D eigenvalue weighted by molar-refractivity contribution is 6.00. The zero-order valence-corrected chi connectivity index (χ0v) is 12.6. The van der Waals surface area contributed by atoms with Gasteiger partial charge in [0.15, 0.2) is 5.75 Å². The fourth-order valence-corrected chi connectivity index (χ4v) is 1.92. The van der Waals surface area contributed by atoms with Crippen molar-refractivity contribution < 1.29 is 14.7 Å². The van der Waals surface area contributed by atoms with Gasteiger partial charge in [-0.15, -0.1) is 0 Å². The van der Waals surface area contributed by atoms with Crippen molar-refractivity contribution in [1.29, 1.82) is 0 Å². The maximum atomic E-state index is 12.4. The normalized spacial score (nSPS) is 10.2. The molecule has 0 aliphatic heterocycles. The Bertz CT molecular complexity index is 503. The Labute approximate surface area is 124 Å². The van der Waals surface area contributed by atoms with Crippen LogP contribution in [0.5, 0.6) is 5.75 Å². The lowest BCUT2D eigenvalue weighted by molar-refractivity contribution is -0.121. The highest BCUT2D eigenvalue weighted by atomic mass is 16.3. The average Bonchev–Trinajstić information content (AvgIpc) is 2.47. The number of nitrogens with two attached hydrogens (primary N) is 1. The molecule has 0 unspecified atom stereocenters. The summed E-state index contributed by atoms with van der Waals surface area (Å²) in [4.78, 5) is 25.6. The maximum Gasteiger partial charge on any atom is 0.258 e. The summed E-state index contributed by atoms with van der Waals surface area (Å²) in [5.41, 5.74) is 5.86. The van der Waals surface area contributed by atoms with E-state index < -0.39 is 5.91 Å². The number of phenols is 1. The van der Waals surface area contributed by atoms with Crippen LogP contribution >= 0.6 is 0 Å². The molecule has 0 bridgehead atoms. The molecule has 1 rings (SSSR count). The topological polar surface area (TPSA) is 95.7 Å². The molecule has 0 fully saturated rings. The molecular formula is C15H23N3O3. The zero-order chi connectivity index (χ0) is 15.8. The van der Waals surface area contributed by atoms with Gasteiger partial charge in [0.1, 0.15) is 0 Å². The number of aromatic hydroxyl groups is 1. The molecular weight excluding hydrogens is 270 g/mol. The molecule has 0 aromatic heterocycles. The maximum absolute atomic E-state index is 12.4. The van der Waals surface area contributed by atoms with Gasteiger partial charge in [0.2, 0.25) is 5.91 Å². The molecule has 116 valence electrons. The molecule has 0 saturated carbocycles. The van der Waals surface area contributed by atoms with Crippen LogP contribution in [0.1, 0.15) is 37.0 Å². The number of anilines is 1. The van der Waals surface area contributed by atoms with Gasteiger partial charge in [0.25, 0.3) is 5.91 Å². The molecule has 0 spiro atoms. The standard InChI is InChI=1S/C15H23N3O3/c1-3-8-17-13(19)10-18(9-4-2)15(21)11-6-5-7-12(16)14(11)20/h5-7,20H,3-4,8-10,16H2,1-2H3,(H,17,19). The molecule has 21 heavy (non-hydrogen) atoms. The number of rotatable bonds is 7. The molecule has 0 radical (unpaired) electrons.